The van der Waals surface area contributed by atoms with E-state index in [1.165, 1.54) is 4.31 Å². The topological polar surface area (TPSA) is 61.2 Å². The highest BCUT2D eigenvalue weighted by Gasteiger charge is 2.30. The van der Waals surface area contributed by atoms with Crippen molar-refractivity contribution in [2.24, 2.45) is 5.92 Å². The molecule has 0 heterocycles. The van der Waals surface area contributed by atoms with Gasteiger partial charge in [0.25, 0.3) is 0 Å². The van der Waals surface area contributed by atoms with E-state index in [4.69, 9.17) is 5.26 Å². The van der Waals surface area contributed by atoms with Crippen molar-refractivity contribution >= 4 is 10.0 Å². The largest absolute Gasteiger partial charge is 0.214 e. The van der Waals surface area contributed by atoms with Gasteiger partial charge in [-0.15, -0.1) is 0 Å². The Hall–Kier alpha value is -0.600. The molecule has 0 atom stereocenters. The molecule has 0 amide bonds. The van der Waals surface area contributed by atoms with Crippen molar-refractivity contribution in [1.29, 1.82) is 5.26 Å². The Morgan fingerprint density at radius 2 is 2.14 bits per heavy atom. The smallest absolute Gasteiger partial charge is 0.212 e. The second-order valence-corrected chi connectivity index (χ2v) is 5.64. The van der Waals surface area contributed by atoms with Crippen molar-refractivity contribution in [1.82, 2.24) is 4.31 Å². The van der Waals surface area contributed by atoms with Crippen LogP contribution in [0, 0.1) is 17.2 Å². The first kappa shape index (κ1) is 11.5. The van der Waals surface area contributed by atoms with Gasteiger partial charge < -0.3 is 0 Å². The van der Waals surface area contributed by atoms with Gasteiger partial charge in [-0.25, -0.2) is 12.7 Å². The van der Waals surface area contributed by atoms with E-state index >= 15 is 0 Å². The summed E-state index contributed by atoms with van der Waals surface area (Å²) in [6, 6.07) is 1.97. The van der Waals surface area contributed by atoms with Gasteiger partial charge in [-0.3, -0.25) is 0 Å². The highest BCUT2D eigenvalue weighted by atomic mass is 32.2. The van der Waals surface area contributed by atoms with Crippen molar-refractivity contribution in [3.8, 4) is 6.07 Å². The molecule has 4 nitrogen and oxygen atoms in total. The molecule has 1 aliphatic rings. The Morgan fingerprint density at radius 3 is 2.57 bits per heavy atom. The molecule has 0 spiro atoms. The van der Waals surface area contributed by atoms with Crippen molar-refractivity contribution in [2.45, 2.75) is 26.2 Å². The lowest BCUT2D eigenvalue weighted by molar-refractivity contribution is 0.433. The maximum atomic E-state index is 11.7. The summed E-state index contributed by atoms with van der Waals surface area (Å²) in [7, 11) is -3.10. The summed E-state index contributed by atoms with van der Waals surface area (Å²) in [5, 5.41) is 8.40. The molecular weight excluding hydrogens is 200 g/mol. The van der Waals surface area contributed by atoms with E-state index in [9.17, 15) is 8.42 Å². The molecule has 14 heavy (non-hydrogen) atoms. The quantitative estimate of drug-likeness (QED) is 0.664. The molecule has 80 valence electrons. The number of hydrogen-bond donors (Lipinski definition) is 0. The van der Waals surface area contributed by atoms with E-state index in [-0.39, 0.29) is 12.2 Å². The van der Waals surface area contributed by atoms with Crippen LogP contribution in [0.3, 0.4) is 0 Å². The molecule has 0 aromatic heterocycles. The van der Waals surface area contributed by atoms with Crippen LogP contribution in [0.25, 0.3) is 0 Å². The molecule has 1 fully saturated rings. The maximum Gasteiger partial charge on any atom is 0.214 e. The van der Waals surface area contributed by atoms with Crippen molar-refractivity contribution in [3.63, 3.8) is 0 Å². The molecule has 0 aliphatic heterocycles. The summed E-state index contributed by atoms with van der Waals surface area (Å²) in [5.74, 6) is 0.642. The Kier molecular flexibility index (Phi) is 3.90. The predicted molar refractivity (Wildman–Crippen MR) is 54.0 cm³/mol. The van der Waals surface area contributed by atoms with Gasteiger partial charge in [0.05, 0.1) is 11.8 Å². The van der Waals surface area contributed by atoms with Gasteiger partial charge in [-0.2, -0.15) is 5.26 Å². The molecule has 1 saturated carbocycles. The average Bonchev–Trinajstić information content (AvgIpc) is 2.88. The van der Waals surface area contributed by atoms with Crippen LogP contribution in [-0.4, -0.2) is 31.6 Å². The van der Waals surface area contributed by atoms with Gasteiger partial charge in [0.1, 0.15) is 0 Å². The van der Waals surface area contributed by atoms with E-state index < -0.39 is 10.0 Å². The highest BCUT2D eigenvalue weighted by molar-refractivity contribution is 7.89. The van der Waals surface area contributed by atoms with E-state index in [1.807, 2.05) is 13.0 Å². The zero-order chi connectivity index (χ0) is 10.6. The van der Waals surface area contributed by atoms with Gasteiger partial charge in [0, 0.05) is 19.5 Å². The lowest BCUT2D eigenvalue weighted by Gasteiger charge is -2.18. The van der Waals surface area contributed by atoms with Crippen LogP contribution < -0.4 is 0 Å². The van der Waals surface area contributed by atoms with E-state index in [0.29, 0.717) is 19.0 Å². The van der Waals surface area contributed by atoms with Crippen molar-refractivity contribution in [2.75, 3.05) is 18.8 Å². The second kappa shape index (κ2) is 4.76. The van der Waals surface area contributed by atoms with Crippen LogP contribution >= 0.6 is 0 Å². The monoisotopic (exact) mass is 216 g/mol. The summed E-state index contributed by atoms with van der Waals surface area (Å²) >= 11 is 0. The number of hydrogen-bond acceptors (Lipinski definition) is 3. The third-order valence-corrected chi connectivity index (χ3v) is 4.48. The van der Waals surface area contributed by atoms with Crippen LogP contribution in [0.5, 0.6) is 0 Å². The average molecular weight is 216 g/mol. The van der Waals surface area contributed by atoms with Gasteiger partial charge in [-0.1, -0.05) is 6.92 Å². The Morgan fingerprint density at radius 1 is 1.50 bits per heavy atom. The molecule has 0 radical (unpaired) electrons. The molecule has 0 aromatic carbocycles. The van der Waals surface area contributed by atoms with Gasteiger partial charge in [0.15, 0.2) is 0 Å². The molecule has 0 unspecified atom stereocenters. The highest BCUT2D eigenvalue weighted by Crippen LogP contribution is 2.31. The Bertz CT molecular complexity index is 314. The molecule has 0 N–H and O–H groups in total. The third kappa shape index (κ3) is 3.28. The lowest BCUT2D eigenvalue weighted by Crippen LogP contribution is -2.34. The van der Waals surface area contributed by atoms with Gasteiger partial charge >= 0.3 is 0 Å². The van der Waals surface area contributed by atoms with Crippen LogP contribution in [0.2, 0.25) is 0 Å². The Labute approximate surface area is 85.6 Å². The lowest BCUT2D eigenvalue weighted by atomic mass is 10.5. The van der Waals surface area contributed by atoms with Crippen LogP contribution in [0.1, 0.15) is 26.2 Å². The third-order valence-electron chi connectivity index (χ3n) is 2.36. The number of rotatable bonds is 6. The summed E-state index contributed by atoms with van der Waals surface area (Å²) in [6.07, 6.45) is 2.35. The van der Waals surface area contributed by atoms with Gasteiger partial charge in [-0.05, 0) is 18.8 Å². The minimum absolute atomic E-state index is 0.270. The number of nitriles is 1. The van der Waals surface area contributed by atoms with Crippen molar-refractivity contribution in [3.05, 3.63) is 0 Å². The molecule has 1 rings (SSSR count). The second-order valence-electron chi connectivity index (χ2n) is 3.62. The normalized spacial score (nSPS) is 16.9. The van der Waals surface area contributed by atoms with Crippen LogP contribution in [0.4, 0.5) is 0 Å². The van der Waals surface area contributed by atoms with E-state index in [0.717, 1.165) is 12.8 Å². The molecule has 5 heteroatoms. The summed E-state index contributed by atoms with van der Waals surface area (Å²) < 4.78 is 24.9. The van der Waals surface area contributed by atoms with E-state index in [1.54, 1.807) is 0 Å². The molecule has 0 bridgehead atoms. The first-order chi connectivity index (χ1) is 6.60. The maximum absolute atomic E-state index is 11.7. The number of nitrogens with zero attached hydrogens (tertiary/aromatic N) is 2. The standard InChI is InChI=1S/C9H16N2O2S/c1-2-11(7-3-6-10)14(12,13)8-9-4-5-9/h9H,2-5,7-8H2,1H3. The fourth-order valence-electron chi connectivity index (χ4n) is 1.36. The summed E-state index contributed by atoms with van der Waals surface area (Å²) in [5.41, 5.74) is 0. The van der Waals surface area contributed by atoms with E-state index in [2.05, 4.69) is 0 Å². The van der Waals surface area contributed by atoms with Gasteiger partial charge in [0.2, 0.25) is 10.0 Å². The van der Waals surface area contributed by atoms with Crippen LogP contribution in [0.15, 0.2) is 0 Å². The molecular formula is C9H16N2O2S. The first-order valence-electron chi connectivity index (χ1n) is 4.95. The summed E-state index contributed by atoms with van der Waals surface area (Å²) in [6.45, 7) is 2.61. The van der Waals surface area contributed by atoms with Crippen LogP contribution in [-0.2, 0) is 10.0 Å². The fraction of sp³-hybridized carbons (Fsp3) is 0.889. The SMILES string of the molecule is CCN(CCC#N)S(=O)(=O)CC1CC1. The Balaban J connectivity index is 2.52. The predicted octanol–water partition coefficient (Wildman–Crippen LogP) is 0.962. The fourth-order valence-corrected chi connectivity index (χ4v) is 3.26. The van der Waals surface area contributed by atoms with Crippen molar-refractivity contribution < 1.29 is 8.42 Å². The summed E-state index contributed by atoms with van der Waals surface area (Å²) in [4.78, 5) is 0. The minimum atomic E-state index is -3.10. The first-order valence-corrected chi connectivity index (χ1v) is 6.56. The number of sulfonamides is 1. The molecule has 0 saturated heterocycles. The zero-order valence-electron chi connectivity index (χ0n) is 8.44. The molecule has 0 aromatic rings. The molecule has 1 aliphatic carbocycles. The zero-order valence-corrected chi connectivity index (χ0v) is 9.26. The minimum Gasteiger partial charge on any atom is -0.212 e.